The highest BCUT2D eigenvalue weighted by Gasteiger charge is 2.17. The van der Waals surface area contributed by atoms with Gasteiger partial charge in [0, 0.05) is 0 Å². The van der Waals surface area contributed by atoms with Crippen LogP contribution in [0.5, 0.6) is 0 Å². The molecule has 0 fully saturated rings. The first-order valence-electron chi connectivity index (χ1n) is 5.91. The van der Waals surface area contributed by atoms with Gasteiger partial charge in [0.15, 0.2) is 0 Å². The topological polar surface area (TPSA) is 37.3 Å². The molecular weight excluding hydrogens is 200 g/mol. The molecule has 1 N–H and O–H groups in total. The van der Waals surface area contributed by atoms with Crippen molar-refractivity contribution in [1.29, 1.82) is 0 Å². The number of hydrogen-bond donors (Lipinski definition) is 1. The average molecular weight is 220 g/mol. The van der Waals surface area contributed by atoms with Gasteiger partial charge >= 0.3 is 5.97 Å². The first-order valence-corrected chi connectivity index (χ1v) is 5.91. The van der Waals surface area contributed by atoms with Gasteiger partial charge in [-0.3, -0.25) is 4.79 Å². The standard InChI is InChI=1S/C14H20O2/c1-3-4-8-13(14(15)16)10-12-7-5-6-11(2)9-12/h5-7,9,13H,3-4,8,10H2,1-2H3,(H,15,16). The molecule has 2 nitrogen and oxygen atoms in total. The fourth-order valence-corrected chi connectivity index (χ4v) is 1.89. The number of carbonyl (C=O) groups is 1. The van der Waals surface area contributed by atoms with Gasteiger partial charge in [-0.15, -0.1) is 0 Å². The smallest absolute Gasteiger partial charge is 0.306 e. The molecule has 1 aromatic rings. The molecule has 0 saturated heterocycles. The first-order chi connectivity index (χ1) is 7.63. The highest BCUT2D eigenvalue weighted by Crippen LogP contribution is 2.16. The summed E-state index contributed by atoms with van der Waals surface area (Å²) in [6.07, 6.45) is 3.47. The lowest BCUT2D eigenvalue weighted by Gasteiger charge is -2.12. The molecule has 0 aliphatic carbocycles. The van der Waals surface area contributed by atoms with Crippen LogP contribution in [0.3, 0.4) is 0 Å². The molecule has 0 aliphatic rings. The number of carboxylic acid groups (broad SMARTS) is 1. The molecule has 1 aromatic carbocycles. The van der Waals surface area contributed by atoms with E-state index < -0.39 is 5.97 Å². The van der Waals surface area contributed by atoms with Crippen molar-refractivity contribution in [2.75, 3.05) is 0 Å². The molecule has 2 heteroatoms. The Morgan fingerprint density at radius 2 is 2.19 bits per heavy atom. The largest absolute Gasteiger partial charge is 0.481 e. The van der Waals surface area contributed by atoms with Crippen molar-refractivity contribution in [2.24, 2.45) is 5.92 Å². The fourth-order valence-electron chi connectivity index (χ4n) is 1.89. The van der Waals surface area contributed by atoms with Crippen LogP contribution in [-0.4, -0.2) is 11.1 Å². The van der Waals surface area contributed by atoms with Gasteiger partial charge < -0.3 is 5.11 Å². The molecule has 0 aromatic heterocycles. The van der Waals surface area contributed by atoms with Gasteiger partial charge in [-0.2, -0.15) is 0 Å². The molecular formula is C14H20O2. The molecule has 88 valence electrons. The zero-order valence-corrected chi connectivity index (χ0v) is 10.1. The van der Waals surface area contributed by atoms with Gasteiger partial charge in [-0.25, -0.2) is 0 Å². The summed E-state index contributed by atoms with van der Waals surface area (Å²) in [5.74, 6) is -0.906. The quantitative estimate of drug-likeness (QED) is 0.797. The maximum atomic E-state index is 11.1. The van der Waals surface area contributed by atoms with Crippen LogP contribution in [0, 0.1) is 12.8 Å². The van der Waals surface area contributed by atoms with Gasteiger partial charge in [0.1, 0.15) is 0 Å². The predicted octanol–water partition coefficient (Wildman–Crippen LogP) is 3.43. The Morgan fingerprint density at radius 1 is 1.44 bits per heavy atom. The normalized spacial score (nSPS) is 12.4. The Morgan fingerprint density at radius 3 is 2.75 bits per heavy atom. The van der Waals surface area contributed by atoms with E-state index in [4.69, 9.17) is 5.11 Å². The van der Waals surface area contributed by atoms with Gasteiger partial charge in [0.2, 0.25) is 0 Å². The summed E-state index contributed by atoms with van der Waals surface area (Å²) in [6, 6.07) is 8.10. The minimum Gasteiger partial charge on any atom is -0.481 e. The van der Waals surface area contributed by atoms with Gasteiger partial charge in [-0.05, 0) is 25.3 Å². The van der Waals surface area contributed by atoms with Crippen LogP contribution in [0.25, 0.3) is 0 Å². The summed E-state index contributed by atoms with van der Waals surface area (Å²) in [6.45, 7) is 4.12. The third-order valence-corrected chi connectivity index (χ3v) is 2.82. The number of rotatable bonds is 6. The number of unbranched alkanes of at least 4 members (excludes halogenated alkanes) is 1. The SMILES string of the molecule is CCCCC(Cc1cccc(C)c1)C(=O)O. The highest BCUT2D eigenvalue weighted by atomic mass is 16.4. The van der Waals surface area contributed by atoms with Crippen LogP contribution in [0.1, 0.15) is 37.3 Å². The maximum Gasteiger partial charge on any atom is 0.306 e. The Hall–Kier alpha value is -1.31. The van der Waals surface area contributed by atoms with Crippen LogP contribution < -0.4 is 0 Å². The van der Waals surface area contributed by atoms with Crippen LogP contribution in [0.2, 0.25) is 0 Å². The van der Waals surface area contributed by atoms with E-state index in [2.05, 4.69) is 13.0 Å². The lowest BCUT2D eigenvalue weighted by molar-refractivity contribution is -0.141. The molecule has 0 bridgehead atoms. The van der Waals surface area contributed by atoms with Gasteiger partial charge in [0.05, 0.1) is 5.92 Å². The van der Waals surface area contributed by atoms with Gasteiger partial charge in [-0.1, -0.05) is 49.6 Å². The highest BCUT2D eigenvalue weighted by molar-refractivity contribution is 5.70. The number of aliphatic carboxylic acids is 1. The van der Waals surface area contributed by atoms with Crippen molar-refractivity contribution < 1.29 is 9.90 Å². The third kappa shape index (κ3) is 4.05. The molecule has 0 amide bonds. The molecule has 0 saturated carbocycles. The maximum absolute atomic E-state index is 11.1. The first kappa shape index (κ1) is 12.8. The Balaban J connectivity index is 2.64. The minimum atomic E-state index is -0.671. The average Bonchev–Trinajstić information content (AvgIpc) is 2.24. The van der Waals surface area contributed by atoms with E-state index in [-0.39, 0.29) is 5.92 Å². The van der Waals surface area contributed by atoms with E-state index >= 15 is 0 Å². The molecule has 1 atom stereocenters. The lowest BCUT2D eigenvalue weighted by Crippen LogP contribution is -2.16. The van der Waals surface area contributed by atoms with E-state index in [1.807, 2.05) is 25.1 Å². The third-order valence-electron chi connectivity index (χ3n) is 2.82. The molecule has 0 radical (unpaired) electrons. The van der Waals surface area contributed by atoms with Gasteiger partial charge in [0.25, 0.3) is 0 Å². The van der Waals surface area contributed by atoms with Crippen molar-refractivity contribution in [1.82, 2.24) is 0 Å². The summed E-state index contributed by atoms with van der Waals surface area (Å²) in [7, 11) is 0. The van der Waals surface area contributed by atoms with Crippen molar-refractivity contribution in [3.8, 4) is 0 Å². The second-order valence-corrected chi connectivity index (χ2v) is 4.37. The van der Waals surface area contributed by atoms with E-state index in [0.29, 0.717) is 6.42 Å². The van der Waals surface area contributed by atoms with Crippen LogP contribution in [0.4, 0.5) is 0 Å². The molecule has 0 heterocycles. The minimum absolute atomic E-state index is 0.234. The fraction of sp³-hybridized carbons (Fsp3) is 0.500. The summed E-state index contributed by atoms with van der Waals surface area (Å²) in [4.78, 5) is 11.1. The molecule has 0 aliphatic heterocycles. The summed E-state index contributed by atoms with van der Waals surface area (Å²) < 4.78 is 0. The summed E-state index contributed by atoms with van der Waals surface area (Å²) in [5, 5.41) is 9.13. The molecule has 0 spiro atoms. The second-order valence-electron chi connectivity index (χ2n) is 4.37. The Kier molecular flexibility index (Phi) is 5.03. The lowest BCUT2D eigenvalue weighted by atomic mass is 9.94. The predicted molar refractivity (Wildman–Crippen MR) is 65.5 cm³/mol. The van der Waals surface area contributed by atoms with Crippen molar-refractivity contribution >= 4 is 5.97 Å². The van der Waals surface area contributed by atoms with Crippen molar-refractivity contribution in [2.45, 2.75) is 39.5 Å². The molecule has 16 heavy (non-hydrogen) atoms. The molecule has 1 unspecified atom stereocenters. The second kappa shape index (κ2) is 6.31. The van der Waals surface area contributed by atoms with E-state index in [1.54, 1.807) is 0 Å². The van der Waals surface area contributed by atoms with Crippen LogP contribution in [0.15, 0.2) is 24.3 Å². The zero-order chi connectivity index (χ0) is 12.0. The van der Waals surface area contributed by atoms with E-state index in [1.165, 1.54) is 5.56 Å². The zero-order valence-electron chi connectivity index (χ0n) is 10.1. The number of carboxylic acids is 1. The number of hydrogen-bond acceptors (Lipinski definition) is 1. The molecule has 1 rings (SSSR count). The van der Waals surface area contributed by atoms with Crippen molar-refractivity contribution in [3.63, 3.8) is 0 Å². The Bertz CT molecular complexity index is 344. The monoisotopic (exact) mass is 220 g/mol. The Labute approximate surface area is 97.3 Å². The van der Waals surface area contributed by atoms with E-state index in [9.17, 15) is 4.79 Å². The summed E-state index contributed by atoms with van der Waals surface area (Å²) >= 11 is 0. The van der Waals surface area contributed by atoms with E-state index in [0.717, 1.165) is 24.8 Å². The number of aryl methyl sites for hydroxylation is 1. The summed E-state index contributed by atoms with van der Waals surface area (Å²) in [5.41, 5.74) is 2.32. The van der Waals surface area contributed by atoms with Crippen LogP contribution in [-0.2, 0) is 11.2 Å². The van der Waals surface area contributed by atoms with Crippen molar-refractivity contribution in [3.05, 3.63) is 35.4 Å². The number of benzene rings is 1. The van der Waals surface area contributed by atoms with Crippen LogP contribution >= 0.6 is 0 Å².